The zero-order chi connectivity index (χ0) is 23.8. The maximum Gasteiger partial charge on any atom is 0.243 e. The van der Waals surface area contributed by atoms with Gasteiger partial charge in [-0.05, 0) is 86.6 Å². The van der Waals surface area contributed by atoms with Gasteiger partial charge in [0.15, 0.2) is 0 Å². The van der Waals surface area contributed by atoms with E-state index in [1.807, 2.05) is 26.0 Å². The topological polar surface area (TPSA) is 86.8 Å². The molecule has 0 spiro atoms. The number of aryl methyl sites for hydroxylation is 3. The molecule has 1 saturated heterocycles. The molecule has 0 atom stereocenters. The second kappa shape index (κ2) is 9.27. The molecule has 8 heteroatoms. The Kier molecular flexibility index (Phi) is 6.59. The number of nitrogens with zero attached hydrogens (tertiary/aromatic N) is 2. The Morgan fingerprint density at radius 2 is 1.64 bits per heavy atom. The van der Waals surface area contributed by atoms with Crippen LogP contribution in [0, 0.1) is 19.8 Å². The summed E-state index contributed by atoms with van der Waals surface area (Å²) in [4.78, 5) is 26.6. The SMILES string of the molecule is CC(=O)N1CCCc2cc(S(=O)(=O)N3CCC(C(=O)Nc4cc(C)cc(C)c4)CC3)ccc21. The molecule has 1 N–H and O–H groups in total. The molecule has 0 saturated carbocycles. The number of fused-ring (bicyclic) bond motifs is 1. The molecule has 1 fully saturated rings. The van der Waals surface area contributed by atoms with Crippen LogP contribution in [0.15, 0.2) is 41.3 Å². The molecule has 2 aliphatic rings. The van der Waals surface area contributed by atoms with Crippen LogP contribution in [0.25, 0.3) is 0 Å². The quantitative estimate of drug-likeness (QED) is 0.741. The predicted octanol–water partition coefficient (Wildman–Crippen LogP) is 3.64. The van der Waals surface area contributed by atoms with Crippen LogP contribution >= 0.6 is 0 Å². The van der Waals surface area contributed by atoms with E-state index < -0.39 is 10.0 Å². The lowest BCUT2D eigenvalue weighted by molar-refractivity contribution is -0.121. The number of hydrogen-bond acceptors (Lipinski definition) is 4. The van der Waals surface area contributed by atoms with Gasteiger partial charge in [0.2, 0.25) is 21.8 Å². The van der Waals surface area contributed by atoms with Crippen molar-refractivity contribution >= 4 is 33.2 Å². The maximum absolute atomic E-state index is 13.3. The Bertz CT molecular complexity index is 1160. The van der Waals surface area contributed by atoms with E-state index in [4.69, 9.17) is 0 Å². The first kappa shape index (κ1) is 23.4. The second-order valence-corrected chi connectivity index (χ2v) is 11.0. The molecule has 2 heterocycles. The van der Waals surface area contributed by atoms with Gasteiger partial charge in [0.25, 0.3) is 0 Å². The van der Waals surface area contributed by atoms with Gasteiger partial charge in [-0.25, -0.2) is 8.42 Å². The van der Waals surface area contributed by atoms with Crippen LogP contribution in [0.5, 0.6) is 0 Å². The molecule has 4 rings (SSSR count). The Morgan fingerprint density at radius 3 is 2.27 bits per heavy atom. The number of carbonyl (C=O) groups excluding carboxylic acids is 2. The maximum atomic E-state index is 13.3. The van der Waals surface area contributed by atoms with Crippen molar-refractivity contribution in [1.82, 2.24) is 4.31 Å². The van der Waals surface area contributed by atoms with Crippen molar-refractivity contribution in [3.8, 4) is 0 Å². The summed E-state index contributed by atoms with van der Waals surface area (Å²) in [5.74, 6) is -0.312. The van der Waals surface area contributed by atoms with Crippen molar-refractivity contribution in [2.75, 3.05) is 29.9 Å². The van der Waals surface area contributed by atoms with Crippen molar-refractivity contribution < 1.29 is 18.0 Å². The Balaban J connectivity index is 1.43. The van der Waals surface area contributed by atoms with Gasteiger partial charge >= 0.3 is 0 Å². The summed E-state index contributed by atoms with van der Waals surface area (Å²) in [7, 11) is -3.65. The van der Waals surface area contributed by atoms with Gasteiger partial charge in [-0.2, -0.15) is 4.31 Å². The van der Waals surface area contributed by atoms with Crippen LogP contribution in [-0.4, -0.2) is 44.2 Å². The molecule has 33 heavy (non-hydrogen) atoms. The van der Waals surface area contributed by atoms with Gasteiger partial charge in [-0.15, -0.1) is 0 Å². The average Bonchev–Trinajstić information content (AvgIpc) is 2.77. The fourth-order valence-corrected chi connectivity index (χ4v) is 6.38. The van der Waals surface area contributed by atoms with Gasteiger partial charge < -0.3 is 10.2 Å². The third-order valence-electron chi connectivity index (χ3n) is 6.50. The molecule has 0 unspecified atom stereocenters. The molecule has 0 bridgehead atoms. The van der Waals surface area contributed by atoms with Crippen LogP contribution in [0.4, 0.5) is 11.4 Å². The molecule has 2 aromatic carbocycles. The van der Waals surface area contributed by atoms with E-state index in [0.717, 1.165) is 40.9 Å². The van der Waals surface area contributed by atoms with E-state index in [1.54, 1.807) is 23.1 Å². The van der Waals surface area contributed by atoms with Crippen LogP contribution in [-0.2, 0) is 26.0 Å². The van der Waals surface area contributed by atoms with E-state index in [0.29, 0.717) is 32.5 Å². The number of carbonyl (C=O) groups is 2. The molecular formula is C25H31N3O4S. The van der Waals surface area contributed by atoms with Gasteiger partial charge in [-0.1, -0.05) is 6.07 Å². The first-order valence-electron chi connectivity index (χ1n) is 11.5. The van der Waals surface area contributed by atoms with Gasteiger partial charge in [0.1, 0.15) is 0 Å². The molecule has 2 aliphatic heterocycles. The summed E-state index contributed by atoms with van der Waals surface area (Å²) in [5.41, 5.74) is 4.64. The number of benzene rings is 2. The van der Waals surface area contributed by atoms with Crippen molar-refractivity contribution in [3.05, 3.63) is 53.1 Å². The van der Waals surface area contributed by atoms with E-state index >= 15 is 0 Å². The van der Waals surface area contributed by atoms with Crippen molar-refractivity contribution in [2.45, 2.75) is 51.3 Å². The third kappa shape index (κ3) is 4.96. The van der Waals surface area contributed by atoms with Crippen LogP contribution in [0.3, 0.4) is 0 Å². The zero-order valence-corrected chi connectivity index (χ0v) is 20.2. The lowest BCUT2D eigenvalue weighted by atomic mass is 9.97. The van der Waals surface area contributed by atoms with Gasteiger partial charge in [0.05, 0.1) is 4.90 Å². The van der Waals surface area contributed by atoms with Crippen LogP contribution < -0.4 is 10.2 Å². The van der Waals surface area contributed by atoms with Crippen molar-refractivity contribution in [1.29, 1.82) is 0 Å². The zero-order valence-electron chi connectivity index (χ0n) is 19.4. The van der Waals surface area contributed by atoms with Gasteiger partial charge in [0, 0.05) is 43.9 Å². The summed E-state index contributed by atoms with van der Waals surface area (Å²) in [5, 5.41) is 2.99. The highest BCUT2D eigenvalue weighted by atomic mass is 32.2. The molecule has 0 aromatic heterocycles. The molecule has 176 valence electrons. The standard InChI is InChI=1S/C25H31N3O4S/c1-17-13-18(2)15-22(14-17)26-25(30)20-8-11-27(12-9-20)33(31,32)23-6-7-24-21(16-23)5-4-10-28(24)19(3)29/h6-7,13-16,20H,4-5,8-12H2,1-3H3,(H,26,30). The fourth-order valence-electron chi connectivity index (χ4n) is 4.86. The first-order chi connectivity index (χ1) is 15.6. The number of piperidine rings is 1. The molecule has 7 nitrogen and oxygen atoms in total. The number of sulfonamides is 1. The summed E-state index contributed by atoms with van der Waals surface area (Å²) >= 11 is 0. The monoisotopic (exact) mass is 469 g/mol. The summed E-state index contributed by atoms with van der Waals surface area (Å²) in [6, 6.07) is 11.0. The van der Waals surface area contributed by atoms with Crippen molar-refractivity contribution in [3.63, 3.8) is 0 Å². The molecule has 0 radical (unpaired) electrons. The second-order valence-electron chi connectivity index (χ2n) is 9.11. The average molecular weight is 470 g/mol. The fraction of sp³-hybridized carbons (Fsp3) is 0.440. The molecule has 0 aliphatic carbocycles. The summed E-state index contributed by atoms with van der Waals surface area (Å²) < 4.78 is 28.0. The minimum Gasteiger partial charge on any atom is -0.326 e. The Labute approximate surface area is 195 Å². The number of anilines is 2. The number of rotatable bonds is 4. The Hall–Kier alpha value is -2.71. The number of hydrogen-bond donors (Lipinski definition) is 1. The Morgan fingerprint density at radius 1 is 0.970 bits per heavy atom. The third-order valence-corrected chi connectivity index (χ3v) is 8.40. The summed E-state index contributed by atoms with van der Waals surface area (Å²) in [6.07, 6.45) is 2.54. The van der Waals surface area contributed by atoms with E-state index in [2.05, 4.69) is 11.4 Å². The lowest BCUT2D eigenvalue weighted by Crippen LogP contribution is -2.41. The highest BCUT2D eigenvalue weighted by Crippen LogP contribution is 2.32. The van der Waals surface area contributed by atoms with E-state index in [1.165, 1.54) is 11.2 Å². The summed E-state index contributed by atoms with van der Waals surface area (Å²) in [6.45, 7) is 6.79. The van der Waals surface area contributed by atoms with Crippen LogP contribution in [0.2, 0.25) is 0 Å². The van der Waals surface area contributed by atoms with E-state index in [-0.39, 0.29) is 22.6 Å². The first-order valence-corrected chi connectivity index (χ1v) is 12.9. The number of nitrogens with one attached hydrogen (secondary N) is 1. The largest absolute Gasteiger partial charge is 0.326 e. The lowest BCUT2D eigenvalue weighted by Gasteiger charge is -2.32. The predicted molar refractivity (Wildman–Crippen MR) is 129 cm³/mol. The smallest absolute Gasteiger partial charge is 0.243 e. The minimum atomic E-state index is -3.65. The van der Waals surface area contributed by atoms with Gasteiger partial charge in [-0.3, -0.25) is 9.59 Å². The highest BCUT2D eigenvalue weighted by molar-refractivity contribution is 7.89. The molecule has 2 aromatic rings. The number of amides is 2. The highest BCUT2D eigenvalue weighted by Gasteiger charge is 2.33. The van der Waals surface area contributed by atoms with E-state index in [9.17, 15) is 18.0 Å². The van der Waals surface area contributed by atoms with Crippen LogP contribution in [0.1, 0.15) is 42.9 Å². The molecular weight excluding hydrogens is 438 g/mol. The molecule has 2 amide bonds. The van der Waals surface area contributed by atoms with Crippen molar-refractivity contribution in [2.24, 2.45) is 5.92 Å². The minimum absolute atomic E-state index is 0.0345. The normalized spacial score (nSPS) is 17.5.